The maximum absolute atomic E-state index is 11.4. The van der Waals surface area contributed by atoms with Crippen LogP contribution in [0, 0.1) is 0 Å². The summed E-state index contributed by atoms with van der Waals surface area (Å²) < 4.78 is 0. The van der Waals surface area contributed by atoms with Crippen molar-refractivity contribution in [3.05, 3.63) is 35.9 Å². The minimum absolute atomic E-state index is 0.0617. The quantitative estimate of drug-likeness (QED) is 0.791. The molecule has 0 unspecified atom stereocenters. The lowest BCUT2D eigenvalue weighted by atomic mass is 10.1. The molecule has 1 amide bonds. The van der Waals surface area contributed by atoms with Gasteiger partial charge in [0.15, 0.2) is 6.29 Å². The maximum atomic E-state index is 11.4. The number of rotatable bonds is 7. The monoisotopic (exact) mass is 285 g/mol. The second-order valence-corrected chi connectivity index (χ2v) is 4.95. The Morgan fingerprint density at radius 3 is 2.81 bits per heavy atom. The summed E-state index contributed by atoms with van der Waals surface area (Å²) >= 11 is 0. The molecule has 5 nitrogen and oxygen atoms in total. The number of para-hydroxylation sites is 1. The van der Waals surface area contributed by atoms with E-state index in [4.69, 9.17) is 5.73 Å². The molecule has 5 heteroatoms. The molecule has 0 saturated carbocycles. The minimum Gasteiger partial charge on any atom is -0.368 e. The molecule has 1 aromatic heterocycles. The van der Waals surface area contributed by atoms with E-state index in [2.05, 4.69) is 11.9 Å². The maximum Gasteiger partial charge on any atom is 0.236 e. The number of aldehydes is 1. The summed E-state index contributed by atoms with van der Waals surface area (Å²) in [6.45, 7) is 2.77. The van der Waals surface area contributed by atoms with Crippen LogP contribution < -0.4 is 10.6 Å². The van der Waals surface area contributed by atoms with Crippen LogP contribution in [0.15, 0.2) is 30.3 Å². The number of hydrogen-bond acceptors (Lipinski definition) is 4. The largest absolute Gasteiger partial charge is 0.368 e. The van der Waals surface area contributed by atoms with Gasteiger partial charge in [0.2, 0.25) is 5.91 Å². The number of anilines is 1. The van der Waals surface area contributed by atoms with Gasteiger partial charge < -0.3 is 10.6 Å². The van der Waals surface area contributed by atoms with Gasteiger partial charge in [-0.25, -0.2) is 4.98 Å². The van der Waals surface area contributed by atoms with Crippen molar-refractivity contribution in [1.29, 1.82) is 0 Å². The molecule has 2 N–H and O–H groups in total. The highest BCUT2D eigenvalue weighted by Gasteiger charge is 2.15. The summed E-state index contributed by atoms with van der Waals surface area (Å²) in [4.78, 5) is 28.9. The predicted molar refractivity (Wildman–Crippen MR) is 83.4 cm³/mol. The lowest BCUT2D eigenvalue weighted by Gasteiger charge is -2.23. The van der Waals surface area contributed by atoms with Crippen molar-refractivity contribution >= 4 is 28.9 Å². The predicted octanol–water partition coefficient (Wildman–Crippen LogP) is 2.14. The van der Waals surface area contributed by atoms with Gasteiger partial charge in [-0.3, -0.25) is 9.59 Å². The van der Waals surface area contributed by atoms with Crippen LogP contribution in [0.4, 0.5) is 5.82 Å². The van der Waals surface area contributed by atoms with Crippen LogP contribution in [-0.4, -0.2) is 30.3 Å². The second kappa shape index (κ2) is 6.83. The molecule has 0 aliphatic rings. The molecule has 0 bridgehead atoms. The first-order valence-corrected chi connectivity index (χ1v) is 7.04. The lowest BCUT2D eigenvalue weighted by molar-refractivity contribution is -0.116. The number of amides is 1. The lowest BCUT2D eigenvalue weighted by Crippen LogP contribution is -2.35. The van der Waals surface area contributed by atoms with Crippen molar-refractivity contribution in [2.24, 2.45) is 5.73 Å². The number of primary amides is 1. The van der Waals surface area contributed by atoms with Crippen molar-refractivity contribution < 1.29 is 9.59 Å². The average molecular weight is 285 g/mol. The fraction of sp³-hybridized carbons (Fsp3) is 0.312. The molecule has 0 aliphatic carbocycles. The Kier molecular flexibility index (Phi) is 4.87. The number of nitrogens with zero attached hydrogens (tertiary/aromatic N) is 2. The van der Waals surface area contributed by atoms with E-state index in [9.17, 15) is 9.59 Å². The van der Waals surface area contributed by atoms with Crippen molar-refractivity contribution in [3.8, 4) is 0 Å². The van der Waals surface area contributed by atoms with E-state index < -0.39 is 5.91 Å². The summed E-state index contributed by atoms with van der Waals surface area (Å²) in [5.74, 6) is 0.0915. The summed E-state index contributed by atoms with van der Waals surface area (Å²) in [7, 11) is 0. The Balaban J connectivity index is 2.48. The van der Waals surface area contributed by atoms with Gasteiger partial charge in [0.1, 0.15) is 5.82 Å². The van der Waals surface area contributed by atoms with E-state index in [1.807, 2.05) is 24.3 Å². The van der Waals surface area contributed by atoms with Crippen molar-refractivity contribution in [2.45, 2.75) is 19.8 Å². The van der Waals surface area contributed by atoms with Gasteiger partial charge in [-0.15, -0.1) is 0 Å². The highest BCUT2D eigenvalue weighted by molar-refractivity contribution is 5.92. The molecule has 1 aromatic carbocycles. The second-order valence-electron chi connectivity index (χ2n) is 4.95. The van der Waals surface area contributed by atoms with Crippen LogP contribution in [0.5, 0.6) is 0 Å². The van der Waals surface area contributed by atoms with Crippen molar-refractivity contribution in [3.63, 3.8) is 0 Å². The highest BCUT2D eigenvalue weighted by Crippen LogP contribution is 2.22. The smallest absolute Gasteiger partial charge is 0.236 e. The van der Waals surface area contributed by atoms with Crippen LogP contribution in [0.3, 0.4) is 0 Å². The van der Waals surface area contributed by atoms with E-state index in [0.717, 1.165) is 30.0 Å². The summed E-state index contributed by atoms with van der Waals surface area (Å²) in [5, 5.41) is 0.901. The van der Waals surface area contributed by atoms with Crippen LogP contribution in [0.1, 0.15) is 30.1 Å². The Labute approximate surface area is 123 Å². The highest BCUT2D eigenvalue weighted by atomic mass is 16.1. The Bertz CT molecular complexity index is 655. The van der Waals surface area contributed by atoms with Gasteiger partial charge in [-0.2, -0.15) is 0 Å². The first-order valence-electron chi connectivity index (χ1n) is 7.04. The number of benzene rings is 1. The standard InChI is InChI=1S/C16H19N3O2/c1-2-3-8-19(10-15(17)21)16-13(11-20)9-12-6-4-5-7-14(12)18-16/h4-7,9,11H,2-3,8,10H2,1H3,(H2,17,21). The minimum atomic E-state index is -0.432. The summed E-state index contributed by atoms with van der Waals surface area (Å²) in [6, 6.07) is 9.38. The van der Waals surface area contributed by atoms with Gasteiger partial charge in [0.05, 0.1) is 17.6 Å². The number of hydrogen-bond donors (Lipinski definition) is 1. The zero-order valence-corrected chi connectivity index (χ0v) is 12.1. The van der Waals surface area contributed by atoms with E-state index >= 15 is 0 Å². The normalized spacial score (nSPS) is 10.5. The Morgan fingerprint density at radius 2 is 2.14 bits per heavy atom. The van der Waals surface area contributed by atoms with E-state index in [1.54, 1.807) is 11.0 Å². The Hall–Kier alpha value is -2.43. The van der Waals surface area contributed by atoms with Crippen LogP contribution in [-0.2, 0) is 4.79 Å². The molecule has 0 radical (unpaired) electrons. The zero-order chi connectivity index (χ0) is 15.2. The van der Waals surface area contributed by atoms with Gasteiger partial charge in [-0.1, -0.05) is 31.5 Å². The van der Waals surface area contributed by atoms with Gasteiger partial charge in [0.25, 0.3) is 0 Å². The van der Waals surface area contributed by atoms with Gasteiger partial charge in [0, 0.05) is 11.9 Å². The number of pyridine rings is 1. The van der Waals surface area contributed by atoms with Crippen LogP contribution in [0.2, 0.25) is 0 Å². The average Bonchev–Trinajstić information content (AvgIpc) is 2.49. The third kappa shape index (κ3) is 3.56. The number of unbranched alkanes of at least 4 members (excludes halogenated alkanes) is 1. The number of aromatic nitrogens is 1. The molecular weight excluding hydrogens is 266 g/mol. The first-order chi connectivity index (χ1) is 10.2. The SMILES string of the molecule is CCCCN(CC(N)=O)c1nc2ccccc2cc1C=O. The zero-order valence-electron chi connectivity index (χ0n) is 12.1. The summed E-state index contributed by atoms with van der Waals surface area (Å²) in [5.41, 5.74) is 6.58. The topological polar surface area (TPSA) is 76.3 Å². The number of carbonyl (C=O) groups is 2. The Morgan fingerprint density at radius 1 is 1.38 bits per heavy atom. The molecule has 0 atom stereocenters. The number of fused-ring (bicyclic) bond motifs is 1. The molecule has 0 fully saturated rings. The fourth-order valence-electron chi connectivity index (χ4n) is 2.26. The van der Waals surface area contributed by atoms with Crippen LogP contribution >= 0.6 is 0 Å². The molecule has 0 spiro atoms. The van der Waals surface area contributed by atoms with E-state index in [-0.39, 0.29) is 6.54 Å². The van der Waals surface area contributed by atoms with Crippen LogP contribution in [0.25, 0.3) is 10.9 Å². The summed E-state index contributed by atoms with van der Waals surface area (Å²) in [6.07, 6.45) is 2.66. The molecule has 2 rings (SSSR count). The van der Waals surface area contributed by atoms with Gasteiger partial charge in [-0.05, 0) is 18.6 Å². The molecule has 110 valence electrons. The molecule has 0 saturated heterocycles. The molecule has 2 aromatic rings. The third-order valence-electron chi connectivity index (χ3n) is 3.29. The van der Waals surface area contributed by atoms with E-state index in [1.165, 1.54) is 0 Å². The molecule has 1 heterocycles. The van der Waals surface area contributed by atoms with Crippen molar-refractivity contribution in [2.75, 3.05) is 18.0 Å². The fourth-order valence-corrected chi connectivity index (χ4v) is 2.26. The van der Waals surface area contributed by atoms with Crippen molar-refractivity contribution in [1.82, 2.24) is 4.98 Å². The van der Waals surface area contributed by atoms with E-state index in [0.29, 0.717) is 17.9 Å². The third-order valence-corrected chi connectivity index (χ3v) is 3.29. The number of nitrogens with two attached hydrogens (primary N) is 1. The van der Waals surface area contributed by atoms with Gasteiger partial charge >= 0.3 is 0 Å². The molecule has 0 aliphatic heterocycles. The molecule has 21 heavy (non-hydrogen) atoms. The molecular formula is C16H19N3O2. The number of carbonyl (C=O) groups excluding carboxylic acids is 2. The first kappa shape index (κ1) is 15.0.